The number of nitro groups is 1. The van der Waals surface area contributed by atoms with Crippen LogP contribution in [0, 0.1) is 10.1 Å². The van der Waals surface area contributed by atoms with Gasteiger partial charge in [0.2, 0.25) is 5.91 Å². The molecule has 1 N–H and O–H groups in total. The normalized spacial score (nSPS) is 15.8. The summed E-state index contributed by atoms with van der Waals surface area (Å²) in [6.07, 6.45) is 5.60. The summed E-state index contributed by atoms with van der Waals surface area (Å²) in [5, 5.41) is 14.4. The molecular weight excluding hydrogens is 284 g/mol. The maximum Gasteiger partial charge on any atom is 0.269 e. The van der Waals surface area contributed by atoms with Crippen LogP contribution in [-0.2, 0) is 4.79 Å². The van der Waals surface area contributed by atoms with Gasteiger partial charge in [0.05, 0.1) is 11.1 Å². The van der Waals surface area contributed by atoms with E-state index in [9.17, 15) is 14.9 Å². The first-order valence-electron chi connectivity index (χ1n) is 7.44. The largest absolute Gasteiger partial charge is 0.303 e. The Morgan fingerprint density at radius 3 is 2.59 bits per heavy atom. The van der Waals surface area contributed by atoms with Crippen molar-refractivity contribution in [2.45, 2.75) is 25.7 Å². The molecule has 1 aliphatic heterocycles. The lowest BCUT2D eigenvalue weighted by Crippen LogP contribution is -2.33. The van der Waals surface area contributed by atoms with E-state index in [1.165, 1.54) is 37.6 Å². The average molecular weight is 304 g/mol. The monoisotopic (exact) mass is 304 g/mol. The van der Waals surface area contributed by atoms with E-state index in [1.54, 1.807) is 12.1 Å². The van der Waals surface area contributed by atoms with Crippen LogP contribution in [0.4, 0.5) is 5.69 Å². The van der Waals surface area contributed by atoms with Crippen LogP contribution in [0.25, 0.3) is 0 Å². The number of rotatable bonds is 6. The summed E-state index contributed by atoms with van der Waals surface area (Å²) in [6.45, 7) is 2.90. The summed E-state index contributed by atoms with van der Waals surface area (Å²) in [5.74, 6) is -0.122. The Kier molecular flexibility index (Phi) is 6.02. The summed E-state index contributed by atoms with van der Waals surface area (Å²) in [5.41, 5.74) is 3.20. The molecule has 0 unspecified atom stereocenters. The van der Waals surface area contributed by atoms with Crippen LogP contribution < -0.4 is 5.43 Å². The van der Waals surface area contributed by atoms with Gasteiger partial charge in [0.15, 0.2) is 0 Å². The van der Waals surface area contributed by atoms with Gasteiger partial charge in [0.1, 0.15) is 0 Å². The second-order valence-electron chi connectivity index (χ2n) is 5.29. The SMILES string of the molecule is O=C(CCN1CCCCC1)NN=Cc1ccc([N+](=O)[O-])cc1. The van der Waals surface area contributed by atoms with Crippen molar-refractivity contribution in [2.24, 2.45) is 5.10 Å². The van der Waals surface area contributed by atoms with Gasteiger partial charge in [0, 0.05) is 25.1 Å². The number of carbonyl (C=O) groups is 1. The third kappa shape index (κ3) is 5.25. The molecule has 1 heterocycles. The molecule has 22 heavy (non-hydrogen) atoms. The zero-order valence-corrected chi connectivity index (χ0v) is 12.4. The molecule has 0 aromatic heterocycles. The van der Waals surface area contributed by atoms with Crippen molar-refractivity contribution in [2.75, 3.05) is 19.6 Å². The lowest BCUT2D eigenvalue weighted by atomic mass is 10.1. The van der Waals surface area contributed by atoms with Crippen LogP contribution in [-0.4, -0.2) is 41.6 Å². The van der Waals surface area contributed by atoms with E-state index >= 15 is 0 Å². The number of nitrogens with zero attached hydrogens (tertiary/aromatic N) is 3. The highest BCUT2D eigenvalue weighted by Crippen LogP contribution is 2.10. The second-order valence-corrected chi connectivity index (χ2v) is 5.29. The highest BCUT2D eigenvalue weighted by molar-refractivity contribution is 5.82. The number of hydrazone groups is 1. The van der Waals surface area contributed by atoms with Gasteiger partial charge >= 0.3 is 0 Å². The molecule has 1 aromatic rings. The lowest BCUT2D eigenvalue weighted by molar-refractivity contribution is -0.384. The molecule has 2 rings (SSSR count). The maximum atomic E-state index is 11.7. The zero-order valence-electron chi connectivity index (χ0n) is 12.4. The molecule has 1 fully saturated rings. The molecule has 1 aromatic carbocycles. The number of likely N-dealkylation sites (tertiary alicyclic amines) is 1. The summed E-state index contributed by atoms with van der Waals surface area (Å²) in [4.78, 5) is 24.0. The van der Waals surface area contributed by atoms with Gasteiger partial charge in [0.25, 0.3) is 5.69 Å². The molecule has 7 nitrogen and oxygen atoms in total. The van der Waals surface area contributed by atoms with Gasteiger partial charge in [-0.05, 0) is 43.6 Å². The standard InChI is InChI=1S/C15H20N4O3/c20-15(8-11-18-9-2-1-3-10-18)17-16-12-13-4-6-14(7-5-13)19(21)22/h4-7,12H,1-3,8-11H2,(H,17,20). The topological polar surface area (TPSA) is 87.8 Å². The van der Waals surface area contributed by atoms with E-state index in [0.717, 1.165) is 19.6 Å². The Hall–Kier alpha value is -2.28. The zero-order chi connectivity index (χ0) is 15.8. The smallest absolute Gasteiger partial charge is 0.269 e. The van der Waals surface area contributed by atoms with Crippen molar-refractivity contribution in [3.63, 3.8) is 0 Å². The van der Waals surface area contributed by atoms with Crippen molar-refractivity contribution < 1.29 is 9.72 Å². The summed E-state index contributed by atoms with van der Waals surface area (Å²) in [6, 6.07) is 5.97. The first-order chi connectivity index (χ1) is 10.6. The van der Waals surface area contributed by atoms with Crippen molar-refractivity contribution in [3.05, 3.63) is 39.9 Å². The molecule has 118 valence electrons. The molecule has 1 saturated heterocycles. The highest BCUT2D eigenvalue weighted by Gasteiger charge is 2.11. The molecule has 0 spiro atoms. The van der Waals surface area contributed by atoms with Crippen LogP contribution in [0.15, 0.2) is 29.4 Å². The molecule has 0 bridgehead atoms. The minimum atomic E-state index is -0.455. The molecule has 0 radical (unpaired) electrons. The molecule has 7 heteroatoms. The van der Waals surface area contributed by atoms with Crippen LogP contribution in [0.5, 0.6) is 0 Å². The number of nitrogens with one attached hydrogen (secondary N) is 1. The number of benzene rings is 1. The Labute approximate surface area is 129 Å². The van der Waals surface area contributed by atoms with Gasteiger partial charge in [-0.25, -0.2) is 5.43 Å². The van der Waals surface area contributed by atoms with Crippen LogP contribution in [0.1, 0.15) is 31.2 Å². The number of non-ortho nitro benzene ring substituents is 1. The third-order valence-corrected chi connectivity index (χ3v) is 3.61. The minimum absolute atomic E-state index is 0.0303. The van der Waals surface area contributed by atoms with Crippen molar-refractivity contribution in [1.29, 1.82) is 0 Å². The maximum absolute atomic E-state index is 11.7. The summed E-state index contributed by atoms with van der Waals surface area (Å²) >= 11 is 0. The van der Waals surface area contributed by atoms with Gasteiger partial charge in [-0.3, -0.25) is 14.9 Å². The molecule has 0 saturated carbocycles. The number of amides is 1. The number of hydrogen-bond donors (Lipinski definition) is 1. The van der Waals surface area contributed by atoms with Crippen molar-refractivity contribution in [3.8, 4) is 0 Å². The Balaban J connectivity index is 1.71. The van der Waals surface area contributed by atoms with Gasteiger partial charge < -0.3 is 4.90 Å². The lowest BCUT2D eigenvalue weighted by Gasteiger charge is -2.25. The van der Waals surface area contributed by atoms with Crippen LogP contribution >= 0.6 is 0 Å². The number of piperidine rings is 1. The fraction of sp³-hybridized carbons (Fsp3) is 0.467. The van der Waals surface area contributed by atoms with Gasteiger partial charge in [-0.15, -0.1) is 0 Å². The Morgan fingerprint density at radius 1 is 1.27 bits per heavy atom. The Bertz CT molecular complexity index is 536. The Morgan fingerprint density at radius 2 is 1.95 bits per heavy atom. The fourth-order valence-corrected chi connectivity index (χ4v) is 2.36. The molecule has 1 amide bonds. The average Bonchev–Trinajstić information content (AvgIpc) is 2.54. The predicted octanol–water partition coefficient (Wildman–Crippen LogP) is 1.92. The van der Waals surface area contributed by atoms with E-state index in [4.69, 9.17) is 0 Å². The van der Waals surface area contributed by atoms with Crippen LogP contribution in [0.2, 0.25) is 0 Å². The van der Waals surface area contributed by atoms with E-state index < -0.39 is 4.92 Å². The number of nitro benzene ring substituents is 1. The predicted molar refractivity (Wildman–Crippen MR) is 83.7 cm³/mol. The quantitative estimate of drug-likeness (QED) is 0.494. The van der Waals surface area contributed by atoms with E-state index in [1.807, 2.05) is 0 Å². The second kappa shape index (κ2) is 8.23. The third-order valence-electron chi connectivity index (χ3n) is 3.61. The van der Waals surface area contributed by atoms with E-state index in [-0.39, 0.29) is 11.6 Å². The fourth-order valence-electron chi connectivity index (χ4n) is 2.36. The molecule has 0 aliphatic carbocycles. The van der Waals surface area contributed by atoms with Crippen molar-refractivity contribution >= 4 is 17.8 Å². The van der Waals surface area contributed by atoms with Crippen molar-refractivity contribution in [1.82, 2.24) is 10.3 Å². The summed E-state index contributed by atoms with van der Waals surface area (Å²) in [7, 11) is 0. The minimum Gasteiger partial charge on any atom is -0.303 e. The highest BCUT2D eigenvalue weighted by atomic mass is 16.6. The van der Waals surface area contributed by atoms with E-state index in [2.05, 4.69) is 15.4 Å². The van der Waals surface area contributed by atoms with Gasteiger partial charge in [-0.2, -0.15) is 5.10 Å². The first kappa shape index (κ1) is 16.1. The molecular formula is C15H20N4O3. The number of hydrogen-bond acceptors (Lipinski definition) is 5. The van der Waals surface area contributed by atoms with Gasteiger partial charge in [-0.1, -0.05) is 6.42 Å². The van der Waals surface area contributed by atoms with Crippen LogP contribution in [0.3, 0.4) is 0 Å². The first-order valence-corrected chi connectivity index (χ1v) is 7.44. The number of carbonyl (C=O) groups excluding carboxylic acids is 1. The van der Waals surface area contributed by atoms with E-state index in [0.29, 0.717) is 12.0 Å². The molecule has 0 atom stereocenters. The summed E-state index contributed by atoms with van der Waals surface area (Å²) < 4.78 is 0. The molecule has 1 aliphatic rings.